The standard InChI is InChI=1S/C16H21NO4/c1-4-20-16(19)7-8-17-10-11(2)21-15-6-5-13(12(3)18)9-14(15)17/h5-6,9,11H,4,7-8,10H2,1-3H3. The number of ketones is 1. The van der Waals surface area contributed by atoms with Gasteiger partial charge in [-0.2, -0.15) is 0 Å². The van der Waals surface area contributed by atoms with Crippen LogP contribution in [0.1, 0.15) is 37.6 Å². The number of Topliss-reactive ketones (excluding diaryl/α,β-unsaturated/α-hetero) is 1. The third-order valence-electron chi connectivity index (χ3n) is 3.40. The topological polar surface area (TPSA) is 55.8 Å². The number of benzene rings is 1. The van der Waals surface area contributed by atoms with Crippen molar-refractivity contribution in [3.05, 3.63) is 23.8 Å². The number of hydrogen-bond acceptors (Lipinski definition) is 5. The van der Waals surface area contributed by atoms with Crippen molar-refractivity contribution in [1.82, 2.24) is 0 Å². The van der Waals surface area contributed by atoms with E-state index in [-0.39, 0.29) is 17.9 Å². The number of ether oxygens (including phenoxy) is 2. The molecule has 0 aliphatic carbocycles. The van der Waals surface area contributed by atoms with Crippen molar-refractivity contribution in [2.24, 2.45) is 0 Å². The molecule has 5 heteroatoms. The van der Waals surface area contributed by atoms with Gasteiger partial charge in [0, 0.05) is 12.1 Å². The van der Waals surface area contributed by atoms with Crippen LogP contribution in [0.3, 0.4) is 0 Å². The van der Waals surface area contributed by atoms with Crippen molar-refractivity contribution in [1.29, 1.82) is 0 Å². The summed E-state index contributed by atoms with van der Waals surface area (Å²) >= 11 is 0. The Bertz CT molecular complexity index is 541. The molecule has 1 aromatic rings. The number of carbonyl (C=O) groups is 2. The lowest BCUT2D eigenvalue weighted by molar-refractivity contribution is -0.142. The molecule has 0 aromatic heterocycles. The summed E-state index contributed by atoms with van der Waals surface area (Å²) < 4.78 is 10.7. The number of rotatable bonds is 5. The van der Waals surface area contributed by atoms with Crippen molar-refractivity contribution in [3.8, 4) is 5.75 Å². The van der Waals surface area contributed by atoms with Crippen LogP contribution >= 0.6 is 0 Å². The molecule has 0 N–H and O–H groups in total. The predicted octanol–water partition coefficient (Wildman–Crippen LogP) is 2.43. The second kappa shape index (κ2) is 6.61. The minimum Gasteiger partial charge on any atom is -0.487 e. The van der Waals surface area contributed by atoms with Gasteiger partial charge in [0.25, 0.3) is 0 Å². The smallest absolute Gasteiger partial charge is 0.307 e. The zero-order valence-electron chi connectivity index (χ0n) is 12.7. The Balaban J connectivity index is 2.17. The first-order valence-electron chi connectivity index (χ1n) is 7.23. The van der Waals surface area contributed by atoms with Crippen molar-refractivity contribution in [2.75, 3.05) is 24.6 Å². The maximum Gasteiger partial charge on any atom is 0.307 e. The average Bonchev–Trinajstić information content (AvgIpc) is 2.44. The van der Waals surface area contributed by atoms with Gasteiger partial charge >= 0.3 is 5.97 Å². The second-order valence-corrected chi connectivity index (χ2v) is 5.17. The largest absolute Gasteiger partial charge is 0.487 e. The zero-order valence-corrected chi connectivity index (χ0v) is 12.7. The third kappa shape index (κ3) is 3.74. The molecule has 0 amide bonds. The molecule has 0 fully saturated rings. The number of carbonyl (C=O) groups excluding carboxylic acids is 2. The van der Waals surface area contributed by atoms with E-state index >= 15 is 0 Å². The Morgan fingerprint density at radius 2 is 2.19 bits per heavy atom. The molecule has 0 spiro atoms. The Morgan fingerprint density at radius 3 is 2.86 bits per heavy atom. The van der Waals surface area contributed by atoms with E-state index < -0.39 is 0 Å². The second-order valence-electron chi connectivity index (χ2n) is 5.17. The lowest BCUT2D eigenvalue weighted by Crippen LogP contribution is -2.39. The Kier molecular flexibility index (Phi) is 4.83. The van der Waals surface area contributed by atoms with Crippen molar-refractivity contribution < 1.29 is 19.1 Å². The molecule has 1 aliphatic rings. The molecular weight excluding hydrogens is 270 g/mol. The minimum atomic E-state index is -0.207. The van der Waals surface area contributed by atoms with Crippen LogP contribution in [-0.4, -0.2) is 37.6 Å². The van der Waals surface area contributed by atoms with E-state index in [2.05, 4.69) is 4.90 Å². The van der Waals surface area contributed by atoms with Gasteiger partial charge in [0.2, 0.25) is 0 Å². The summed E-state index contributed by atoms with van der Waals surface area (Å²) in [6.07, 6.45) is 0.368. The highest BCUT2D eigenvalue weighted by molar-refractivity contribution is 5.95. The predicted molar refractivity (Wildman–Crippen MR) is 80.0 cm³/mol. The molecule has 1 aliphatic heterocycles. The van der Waals surface area contributed by atoms with Gasteiger partial charge in [0.05, 0.1) is 25.3 Å². The molecule has 114 valence electrons. The van der Waals surface area contributed by atoms with Crippen LogP contribution in [0.4, 0.5) is 5.69 Å². The van der Waals surface area contributed by atoms with Gasteiger partial charge in [-0.25, -0.2) is 0 Å². The van der Waals surface area contributed by atoms with Crippen LogP contribution in [0.2, 0.25) is 0 Å². The van der Waals surface area contributed by atoms with Crippen LogP contribution < -0.4 is 9.64 Å². The van der Waals surface area contributed by atoms with Gasteiger partial charge in [-0.1, -0.05) is 0 Å². The van der Waals surface area contributed by atoms with Gasteiger partial charge < -0.3 is 14.4 Å². The Morgan fingerprint density at radius 1 is 1.43 bits per heavy atom. The summed E-state index contributed by atoms with van der Waals surface area (Å²) in [5.74, 6) is 0.560. The fraction of sp³-hybridized carbons (Fsp3) is 0.500. The molecule has 0 saturated heterocycles. The van der Waals surface area contributed by atoms with Gasteiger partial charge in [-0.05, 0) is 39.0 Å². The SMILES string of the molecule is CCOC(=O)CCN1CC(C)Oc2ccc(C(C)=O)cc21. The summed E-state index contributed by atoms with van der Waals surface area (Å²) in [4.78, 5) is 25.1. The maximum atomic E-state index is 11.5. The van der Waals surface area contributed by atoms with Gasteiger partial charge in [-0.15, -0.1) is 0 Å². The summed E-state index contributed by atoms with van der Waals surface area (Å²) in [6.45, 7) is 6.96. The molecule has 1 atom stereocenters. The van der Waals surface area contributed by atoms with E-state index in [1.807, 2.05) is 19.1 Å². The van der Waals surface area contributed by atoms with Crippen molar-refractivity contribution in [2.45, 2.75) is 33.3 Å². The van der Waals surface area contributed by atoms with Crippen LogP contribution in [0.25, 0.3) is 0 Å². The average molecular weight is 291 g/mol. The third-order valence-corrected chi connectivity index (χ3v) is 3.40. The van der Waals surface area contributed by atoms with Crippen LogP contribution in [0.5, 0.6) is 5.75 Å². The number of anilines is 1. The fourth-order valence-corrected chi connectivity index (χ4v) is 2.42. The zero-order chi connectivity index (χ0) is 15.4. The Labute approximate surface area is 124 Å². The molecule has 0 radical (unpaired) electrons. The van der Waals surface area contributed by atoms with Crippen molar-refractivity contribution >= 4 is 17.4 Å². The van der Waals surface area contributed by atoms with Gasteiger partial charge in [0.1, 0.15) is 11.9 Å². The molecular formula is C16H21NO4. The lowest BCUT2D eigenvalue weighted by atomic mass is 10.1. The summed E-state index contributed by atoms with van der Waals surface area (Å²) in [5.41, 5.74) is 1.51. The number of nitrogens with zero attached hydrogens (tertiary/aromatic N) is 1. The highest BCUT2D eigenvalue weighted by Crippen LogP contribution is 2.34. The van der Waals surface area contributed by atoms with E-state index in [0.717, 1.165) is 11.4 Å². The minimum absolute atomic E-state index is 0.0155. The first kappa shape index (κ1) is 15.4. The maximum absolute atomic E-state index is 11.5. The van der Waals surface area contributed by atoms with E-state index in [0.29, 0.717) is 31.7 Å². The fourth-order valence-electron chi connectivity index (χ4n) is 2.42. The molecule has 1 aromatic carbocycles. The number of fused-ring (bicyclic) bond motifs is 1. The van der Waals surface area contributed by atoms with Gasteiger partial charge in [-0.3, -0.25) is 9.59 Å². The van der Waals surface area contributed by atoms with Crippen LogP contribution in [0, 0.1) is 0 Å². The normalized spacial score (nSPS) is 16.9. The number of esters is 1. The molecule has 1 heterocycles. The number of hydrogen-bond donors (Lipinski definition) is 0. The molecule has 21 heavy (non-hydrogen) atoms. The highest BCUT2D eigenvalue weighted by atomic mass is 16.5. The summed E-state index contributed by atoms with van der Waals surface area (Å²) in [5, 5.41) is 0. The molecule has 0 bridgehead atoms. The van der Waals surface area contributed by atoms with E-state index in [4.69, 9.17) is 9.47 Å². The van der Waals surface area contributed by atoms with Gasteiger partial charge in [0.15, 0.2) is 5.78 Å². The van der Waals surface area contributed by atoms with E-state index in [1.165, 1.54) is 6.92 Å². The Hall–Kier alpha value is -2.04. The first-order valence-corrected chi connectivity index (χ1v) is 7.23. The monoisotopic (exact) mass is 291 g/mol. The molecule has 1 unspecified atom stereocenters. The van der Waals surface area contributed by atoms with E-state index in [9.17, 15) is 9.59 Å². The quantitative estimate of drug-likeness (QED) is 0.616. The van der Waals surface area contributed by atoms with E-state index in [1.54, 1.807) is 13.0 Å². The van der Waals surface area contributed by atoms with Crippen LogP contribution in [0.15, 0.2) is 18.2 Å². The highest BCUT2D eigenvalue weighted by Gasteiger charge is 2.24. The van der Waals surface area contributed by atoms with Crippen LogP contribution in [-0.2, 0) is 9.53 Å². The molecule has 5 nitrogen and oxygen atoms in total. The molecule has 0 saturated carbocycles. The molecule has 2 rings (SSSR count). The van der Waals surface area contributed by atoms with Crippen molar-refractivity contribution in [3.63, 3.8) is 0 Å². The summed E-state index contributed by atoms with van der Waals surface area (Å²) in [7, 11) is 0. The first-order chi connectivity index (χ1) is 10.0. The summed E-state index contributed by atoms with van der Waals surface area (Å²) in [6, 6.07) is 5.41. The lowest BCUT2D eigenvalue weighted by Gasteiger charge is -2.35.